The second-order valence-corrected chi connectivity index (χ2v) is 8.80. The third-order valence-corrected chi connectivity index (χ3v) is 4.41. The van der Waals surface area contributed by atoms with Gasteiger partial charge in [-0.1, -0.05) is 13.8 Å². The maximum absolute atomic E-state index is 12.3. The summed E-state index contributed by atoms with van der Waals surface area (Å²) in [6, 6.07) is 5.23. The Morgan fingerprint density at radius 2 is 1.62 bits per heavy atom. The second kappa shape index (κ2) is 9.23. The van der Waals surface area contributed by atoms with Crippen LogP contribution in [0, 0.1) is 10.8 Å². The Balaban J connectivity index is 2.50. The Bertz CT molecular complexity index is 860. The van der Waals surface area contributed by atoms with Crippen molar-refractivity contribution in [2.75, 3.05) is 11.9 Å². The molecule has 0 aliphatic carbocycles. The van der Waals surface area contributed by atoms with Crippen LogP contribution in [0.4, 0.5) is 5.69 Å². The molecule has 0 bridgehead atoms. The molecule has 1 aromatic rings. The smallest absolute Gasteiger partial charge is 0.446 e. The molecule has 0 aliphatic rings. The number of benzene rings is 1. The van der Waals surface area contributed by atoms with Crippen molar-refractivity contribution in [2.24, 2.45) is 16.6 Å². The summed E-state index contributed by atoms with van der Waals surface area (Å²) in [5.41, 5.74) is 3.85. The van der Waals surface area contributed by atoms with Gasteiger partial charge >= 0.3 is 16.4 Å². The Kier molecular flexibility index (Phi) is 7.75. The second-order valence-electron chi connectivity index (χ2n) is 7.78. The fourth-order valence-electron chi connectivity index (χ4n) is 2.63. The van der Waals surface area contributed by atoms with E-state index in [1.165, 1.54) is 24.3 Å². The van der Waals surface area contributed by atoms with Crippen LogP contribution in [0.1, 0.15) is 40.5 Å². The van der Waals surface area contributed by atoms with Gasteiger partial charge in [0.25, 0.3) is 0 Å². The Labute approximate surface area is 169 Å². The molecule has 0 spiro atoms. The molecule has 2 amide bonds. The third-order valence-electron chi connectivity index (χ3n) is 4.01. The van der Waals surface area contributed by atoms with Gasteiger partial charge in [-0.3, -0.25) is 18.9 Å². The zero-order valence-electron chi connectivity index (χ0n) is 16.7. The number of carbonyl (C=O) groups is 3. The molecule has 10 nitrogen and oxygen atoms in total. The number of nitrogens with two attached hydrogens (primary N) is 1. The van der Waals surface area contributed by atoms with E-state index in [0.29, 0.717) is 5.69 Å². The van der Waals surface area contributed by atoms with Crippen LogP contribution in [0.3, 0.4) is 0 Å². The molecule has 162 valence electrons. The highest BCUT2D eigenvalue weighted by Gasteiger charge is 2.38. The molecule has 0 saturated heterocycles. The van der Waals surface area contributed by atoms with Gasteiger partial charge in [-0.2, -0.15) is 8.42 Å². The lowest BCUT2D eigenvalue weighted by Crippen LogP contribution is -2.39. The van der Waals surface area contributed by atoms with E-state index in [9.17, 15) is 22.8 Å². The first-order valence-corrected chi connectivity index (χ1v) is 10.0. The number of hydrogen-bond acceptors (Lipinski definition) is 7. The van der Waals surface area contributed by atoms with E-state index in [4.69, 9.17) is 15.0 Å². The molecule has 0 unspecified atom stereocenters. The van der Waals surface area contributed by atoms with E-state index in [2.05, 4.69) is 9.50 Å². The lowest BCUT2D eigenvalue weighted by Gasteiger charge is -2.30. The molecule has 11 heteroatoms. The molecule has 0 aromatic heterocycles. The lowest BCUT2D eigenvalue weighted by molar-refractivity contribution is -0.156. The highest BCUT2D eigenvalue weighted by atomic mass is 32.3. The molecule has 29 heavy (non-hydrogen) atoms. The van der Waals surface area contributed by atoms with Gasteiger partial charge in [0.15, 0.2) is 0 Å². The molecule has 4 N–H and O–H groups in total. The van der Waals surface area contributed by atoms with Gasteiger partial charge in [0.05, 0.1) is 11.8 Å². The van der Waals surface area contributed by atoms with Gasteiger partial charge in [-0.15, -0.1) is 0 Å². The van der Waals surface area contributed by atoms with Crippen molar-refractivity contribution in [3.8, 4) is 5.75 Å². The van der Waals surface area contributed by atoms with Crippen LogP contribution >= 0.6 is 0 Å². The summed E-state index contributed by atoms with van der Waals surface area (Å²) in [5.74, 6) is -1.63. The SMILES string of the molecule is CC(C)(CC(C)(C)C(=O)OCCC(=O)Nc1ccc(OS(=O)(=O)O)cc1)C(N)=O. The van der Waals surface area contributed by atoms with E-state index in [1.807, 2.05) is 0 Å². The summed E-state index contributed by atoms with van der Waals surface area (Å²) >= 11 is 0. The van der Waals surface area contributed by atoms with Crippen molar-refractivity contribution in [3.63, 3.8) is 0 Å². The third kappa shape index (κ3) is 8.48. The van der Waals surface area contributed by atoms with Crippen LogP contribution in [-0.2, 0) is 29.5 Å². The van der Waals surface area contributed by atoms with E-state index in [1.54, 1.807) is 27.7 Å². The predicted molar refractivity (Wildman–Crippen MR) is 104 cm³/mol. The molecular formula is C18H26N2O8S. The quantitative estimate of drug-likeness (QED) is 0.373. The first-order chi connectivity index (χ1) is 13.1. The normalized spacial score (nSPS) is 12.2. The van der Waals surface area contributed by atoms with Gasteiger partial charge in [-0.05, 0) is 44.5 Å². The van der Waals surface area contributed by atoms with Crippen LogP contribution in [0.25, 0.3) is 0 Å². The first-order valence-electron chi connectivity index (χ1n) is 8.66. The number of rotatable bonds is 10. The summed E-state index contributed by atoms with van der Waals surface area (Å²) in [7, 11) is -4.62. The van der Waals surface area contributed by atoms with Crippen LogP contribution in [-0.4, -0.2) is 37.4 Å². The minimum absolute atomic E-state index is 0.107. The maximum atomic E-state index is 12.3. The highest BCUT2D eigenvalue weighted by molar-refractivity contribution is 7.81. The van der Waals surface area contributed by atoms with Crippen molar-refractivity contribution in [1.29, 1.82) is 0 Å². The summed E-state index contributed by atoms with van der Waals surface area (Å²) in [6.07, 6.45) is 0.0860. The van der Waals surface area contributed by atoms with Crippen molar-refractivity contribution >= 4 is 33.9 Å². The summed E-state index contributed by atoms with van der Waals surface area (Å²) in [5, 5.41) is 2.54. The molecule has 0 heterocycles. The minimum atomic E-state index is -4.62. The zero-order valence-corrected chi connectivity index (χ0v) is 17.5. The maximum Gasteiger partial charge on any atom is 0.446 e. The average Bonchev–Trinajstić information content (AvgIpc) is 2.54. The molecule has 0 radical (unpaired) electrons. The van der Waals surface area contributed by atoms with Gasteiger partial charge in [0.2, 0.25) is 11.8 Å². The topological polar surface area (TPSA) is 162 Å². The fraction of sp³-hybridized carbons (Fsp3) is 0.500. The van der Waals surface area contributed by atoms with E-state index >= 15 is 0 Å². The predicted octanol–water partition coefficient (Wildman–Crippen LogP) is 1.67. The molecule has 0 atom stereocenters. The molecule has 0 aliphatic heterocycles. The van der Waals surface area contributed by atoms with Crippen LogP contribution in [0.2, 0.25) is 0 Å². The Hall–Kier alpha value is -2.66. The van der Waals surface area contributed by atoms with Crippen molar-refractivity contribution in [3.05, 3.63) is 24.3 Å². The number of nitrogens with one attached hydrogen (secondary N) is 1. The average molecular weight is 430 g/mol. The highest BCUT2D eigenvalue weighted by Crippen LogP contribution is 2.34. The monoisotopic (exact) mass is 430 g/mol. The van der Waals surface area contributed by atoms with Crippen molar-refractivity contribution < 1.29 is 36.3 Å². The lowest BCUT2D eigenvalue weighted by atomic mass is 9.74. The summed E-state index contributed by atoms with van der Waals surface area (Å²) in [6.45, 7) is 6.40. The molecule has 1 aromatic carbocycles. The first kappa shape index (κ1) is 24.4. The van der Waals surface area contributed by atoms with Gasteiger partial charge in [0, 0.05) is 11.1 Å². The van der Waals surface area contributed by atoms with Crippen molar-refractivity contribution in [2.45, 2.75) is 40.5 Å². The van der Waals surface area contributed by atoms with Crippen LogP contribution < -0.4 is 15.2 Å². The summed E-state index contributed by atoms with van der Waals surface area (Å²) in [4.78, 5) is 35.7. The number of carbonyl (C=O) groups excluding carboxylic acids is 3. The zero-order chi connectivity index (χ0) is 22.5. The van der Waals surface area contributed by atoms with Gasteiger partial charge in [0.1, 0.15) is 12.4 Å². The molecule has 1 rings (SSSR count). The minimum Gasteiger partial charge on any atom is -0.465 e. The number of anilines is 1. The van der Waals surface area contributed by atoms with E-state index < -0.39 is 39.0 Å². The number of hydrogen-bond donors (Lipinski definition) is 3. The van der Waals surface area contributed by atoms with Crippen molar-refractivity contribution in [1.82, 2.24) is 0 Å². The standard InChI is InChI=1S/C18H26N2O8S/c1-17(2,15(19)22)11-18(3,4)16(23)27-10-9-14(21)20-12-5-7-13(8-6-12)28-29(24,25)26/h5-8H,9-11H2,1-4H3,(H2,19,22)(H,20,21)(H,24,25,26). The Morgan fingerprint density at radius 1 is 1.07 bits per heavy atom. The van der Waals surface area contributed by atoms with Crippen LogP contribution in [0.15, 0.2) is 24.3 Å². The summed E-state index contributed by atoms with van der Waals surface area (Å²) < 4.78 is 39.2. The molecular weight excluding hydrogens is 404 g/mol. The molecule has 0 fully saturated rings. The molecule has 0 saturated carbocycles. The fourth-order valence-corrected chi connectivity index (χ4v) is 2.99. The Morgan fingerprint density at radius 3 is 2.10 bits per heavy atom. The number of primary amides is 1. The van der Waals surface area contributed by atoms with E-state index in [0.717, 1.165) is 0 Å². The number of ether oxygens (including phenoxy) is 1. The number of amides is 2. The van der Waals surface area contributed by atoms with Gasteiger partial charge < -0.3 is 20.0 Å². The van der Waals surface area contributed by atoms with E-state index in [-0.39, 0.29) is 25.2 Å². The number of esters is 1. The van der Waals surface area contributed by atoms with Crippen LogP contribution in [0.5, 0.6) is 5.75 Å². The largest absolute Gasteiger partial charge is 0.465 e. The van der Waals surface area contributed by atoms with Gasteiger partial charge in [-0.25, -0.2) is 0 Å².